The molecule has 23 heavy (non-hydrogen) atoms. The van der Waals surface area contributed by atoms with Crippen LogP contribution in [0.5, 0.6) is 5.75 Å². The van der Waals surface area contributed by atoms with Crippen LogP contribution in [-0.4, -0.2) is 10.2 Å². The third kappa shape index (κ3) is 3.38. The molecule has 3 N–H and O–H groups in total. The van der Waals surface area contributed by atoms with Crippen LogP contribution in [0.4, 0.5) is 11.4 Å². The fraction of sp³-hybridized carbons (Fsp3) is 0.0556. The summed E-state index contributed by atoms with van der Waals surface area (Å²) >= 11 is 11.5. The Bertz CT molecular complexity index is 895. The third-order valence-corrected chi connectivity index (χ3v) is 4.19. The van der Waals surface area contributed by atoms with E-state index in [1.165, 1.54) is 0 Å². The Kier molecular flexibility index (Phi) is 4.37. The summed E-state index contributed by atoms with van der Waals surface area (Å²) < 4.78 is 0. The van der Waals surface area contributed by atoms with Gasteiger partial charge in [0.2, 0.25) is 0 Å². The number of halogens is 1. The lowest BCUT2D eigenvalue weighted by atomic mass is 10.1. The Balaban J connectivity index is 1.83. The number of hydrogen-bond acceptors (Lipinski definition) is 2. The predicted octanol–water partition coefficient (Wildman–Crippen LogP) is 5.32. The van der Waals surface area contributed by atoms with Crippen LogP contribution in [0.1, 0.15) is 5.56 Å². The van der Waals surface area contributed by atoms with Gasteiger partial charge in [0.25, 0.3) is 0 Å². The molecule has 0 saturated carbocycles. The molecule has 3 rings (SSSR count). The van der Waals surface area contributed by atoms with Gasteiger partial charge in [-0.1, -0.05) is 41.9 Å². The second-order valence-corrected chi connectivity index (χ2v) is 6.04. The predicted molar refractivity (Wildman–Crippen MR) is 102 cm³/mol. The van der Waals surface area contributed by atoms with Crippen molar-refractivity contribution in [3.05, 3.63) is 65.2 Å². The second-order valence-electron chi connectivity index (χ2n) is 5.22. The number of benzene rings is 3. The van der Waals surface area contributed by atoms with Gasteiger partial charge in [0, 0.05) is 27.2 Å². The van der Waals surface area contributed by atoms with Crippen LogP contribution in [0, 0.1) is 6.92 Å². The van der Waals surface area contributed by atoms with E-state index in [0.717, 1.165) is 27.7 Å². The minimum absolute atomic E-state index is 0.246. The monoisotopic (exact) mass is 342 g/mol. The van der Waals surface area contributed by atoms with Gasteiger partial charge >= 0.3 is 0 Å². The largest absolute Gasteiger partial charge is 0.507 e. The van der Waals surface area contributed by atoms with Crippen LogP contribution in [0.15, 0.2) is 54.6 Å². The van der Waals surface area contributed by atoms with Crippen molar-refractivity contribution in [2.24, 2.45) is 0 Å². The Morgan fingerprint density at radius 2 is 1.74 bits per heavy atom. The fourth-order valence-electron chi connectivity index (χ4n) is 2.36. The van der Waals surface area contributed by atoms with Crippen molar-refractivity contribution in [2.45, 2.75) is 6.92 Å². The Labute approximate surface area is 144 Å². The van der Waals surface area contributed by atoms with E-state index >= 15 is 0 Å². The van der Waals surface area contributed by atoms with E-state index in [4.69, 9.17) is 23.8 Å². The van der Waals surface area contributed by atoms with Crippen LogP contribution < -0.4 is 10.6 Å². The number of thiocarbonyl (C=S) groups is 1. The normalized spacial score (nSPS) is 10.5. The molecule has 0 spiro atoms. The molecule has 0 aromatic heterocycles. The molecule has 0 fully saturated rings. The minimum Gasteiger partial charge on any atom is -0.507 e. The first-order chi connectivity index (χ1) is 11.0. The van der Waals surface area contributed by atoms with E-state index in [-0.39, 0.29) is 5.75 Å². The molecule has 0 amide bonds. The lowest BCUT2D eigenvalue weighted by Crippen LogP contribution is -2.19. The number of rotatable bonds is 2. The first-order valence-corrected chi connectivity index (χ1v) is 7.88. The molecule has 0 aliphatic heterocycles. The summed E-state index contributed by atoms with van der Waals surface area (Å²) in [5.41, 5.74) is 2.66. The number of aromatic hydroxyl groups is 1. The first-order valence-electron chi connectivity index (χ1n) is 7.09. The Morgan fingerprint density at radius 3 is 2.52 bits per heavy atom. The molecule has 0 heterocycles. The van der Waals surface area contributed by atoms with Gasteiger partial charge in [-0.25, -0.2) is 0 Å². The van der Waals surface area contributed by atoms with E-state index in [2.05, 4.69) is 10.6 Å². The molecular formula is C18H15ClN2OS. The van der Waals surface area contributed by atoms with E-state index in [0.29, 0.717) is 10.1 Å². The third-order valence-electron chi connectivity index (χ3n) is 3.58. The van der Waals surface area contributed by atoms with Crippen molar-refractivity contribution in [1.82, 2.24) is 0 Å². The lowest BCUT2D eigenvalue weighted by Gasteiger charge is -2.13. The maximum atomic E-state index is 9.93. The quantitative estimate of drug-likeness (QED) is 0.552. The average Bonchev–Trinajstić information content (AvgIpc) is 2.52. The number of anilines is 2. The van der Waals surface area contributed by atoms with Crippen LogP contribution in [-0.2, 0) is 0 Å². The number of phenolic OH excluding ortho intramolecular Hbond substituents is 1. The number of phenols is 1. The van der Waals surface area contributed by atoms with E-state index in [1.807, 2.05) is 49.4 Å². The minimum atomic E-state index is 0.246. The molecule has 0 aliphatic carbocycles. The van der Waals surface area contributed by atoms with Crippen molar-refractivity contribution in [3.63, 3.8) is 0 Å². The zero-order chi connectivity index (χ0) is 16.4. The van der Waals surface area contributed by atoms with Crippen LogP contribution in [0.3, 0.4) is 0 Å². The number of aryl methyl sites for hydroxylation is 1. The summed E-state index contributed by atoms with van der Waals surface area (Å²) in [6.45, 7) is 1.95. The Morgan fingerprint density at radius 1 is 1.00 bits per heavy atom. The van der Waals surface area contributed by atoms with Crippen molar-refractivity contribution >= 4 is 51.1 Å². The highest BCUT2D eigenvalue weighted by Crippen LogP contribution is 2.30. The average molecular weight is 343 g/mol. The SMILES string of the molecule is Cc1ccc(NC(=S)Nc2cccc3c(O)cccc23)cc1Cl. The maximum absolute atomic E-state index is 9.93. The maximum Gasteiger partial charge on any atom is 0.175 e. The standard InChI is InChI=1S/C18H15ClN2OS/c1-11-8-9-12(10-15(11)19)20-18(23)21-16-6-2-5-14-13(16)4-3-7-17(14)22/h2-10,22H,1H3,(H2,20,21,23). The molecule has 0 aliphatic rings. The molecule has 0 radical (unpaired) electrons. The second kappa shape index (κ2) is 6.44. The van der Waals surface area contributed by atoms with Gasteiger partial charge in [0.05, 0.1) is 0 Å². The van der Waals surface area contributed by atoms with Gasteiger partial charge in [-0.05, 0) is 49.0 Å². The molecule has 0 bridgehead atoms. The highest BCUT2D eigenvalue weighted by Gasteiger charge is 2.06. The van der Waals surface area contributed by atoms with Crippen molar-refractivity contribution in [1.29, 1.82) is 0 Å². The molecule has 116 valence electrons. The van der Waals surface area contributed by atoms with Crippen molar-refractivity contribution in [3.8, 4) is 5.75 Å². The summed E-state index contributed by atoms with van der Waals surface area (Å²) in [6.07, 6.45) is 0. The van der Waals surface area contributed by atoms with Gasteiger partial charge in [-0.2, -0.15) is 0 Å². The molecule has 0 unspecified atom stereocenters. The van der Waals surface area contributed by atoms with Gasteiger partial charge in [0.1, 0.15) is 5.75 Å². The van der Waals surface area contributed by atoms with Gasteiger partial charge in [-0.15, -0.1) is 0 Å². The lowest BCUT2D eigenvalue weighted by molar-refractivity contribution is 0.481. The molecule has 0 saturated heterocycles. The summed E-state index contributed by atoms with van der Waals surface area (Å²) in [5.74, 6) is 0.246. The summed E-state index contributed by atoms with van der Waals surface area (Å²) in [6, 6.07) is 16.7. The van der Waals surface area contributed by atoms with E-state index in [1.54, 1.807) is 12.1 Å². The van der Waals surface area contributed by atoms with Crippen LogP contribution >= 0.6 is 23.8 Å². The molecule has 0 atom stereocenters. The molecule has 3 nitrogen and oxygen atoms in total. The molecular weight excluding hydrogens is 328 g/mol. The summed E-state index contributed by atoms with van der Waals surface area (Å²) in [5, 5.41) is 19.0. The van der Waals surface area contributed by atoms with Crippen LogP contribution in [0.25, 0.3) is 10.8 Å². The van der Waals surface area contributed by atoms with Crippen LogP contribution in [0.2, 0.25) is 5.02 Å². The number of fused-ring (bicyclic) bond motifs is 1. The highest BCUT2D eigenvalue weighted by atomic mass is 35.5. The van der Waals surface area contributed by atoms with Gasteiger partial charge in [-0.3, -0.25) is 0 Å². The highest BCUT2D eigenvalue weighted by molar-refractivity contribution is 7.80. The van der Waals surface area contributed by atoms with E-state index in [9.17, 15) is 5.11 Å². The first kappa shape index (κ1) is 15.6. The molecule has 5 heteroatoms. The number of hydrogen-bond donors (Lipinski definition) is 3. The van der Waals surface area contributed by atoms with Gasteiger partial charge in [0.15, 0.2) is 5.11 Å². The van der Waals surface area contributed by atoms with E-state index < -0.39 is 0 Å². The smallest absolute Gasteiger partial charge is 0.175 e. The molecule has 3 aromatic rings. The summed E-state index contributed by atoms with van der Waals surface area (Å²) in [7, 11) is 0. The zero-order valence-corrected chi connectivity index (χ0v) is 14.0. The molecule has 3 aromatic carbocycles. The topological polar surface area (TPSA) is 44.3 Å². The van der Waals surface area contributed by atoms with Gasteiger partial charge < -0.3 is 15.7 Å². The fourth-order valence-corrected chi connectivity index (χ4v) is 2.77. The zero-order valence-electron chi connectivity index (χ0n) is 12.4. The Hall–Kier alpha value is -2.30. The van der Waals surface area contributed by atoms with Crippen molar-refractivity contribution in [2.75, 3.05) is 10.6 Å². The number of nitrogens with one attached hydrogen (secondary N) is 2. The summed E-state index contributed by atoms with van der Waals surface area (Å²) in [4.78, 5) is 0. The van der Waals surface area contributed by atoms with Crippen molar-refractivity contribution < 1.29 is 5.11 Å².